The highest BCUT2D eigenvalue weighted by atomic mass is 32.2. The Bertz CT molecular complexity index is 638. The van der Waals surface area contributed by atoms with Gasteiger partial charge in [0.25, 0.3) is 0 Å². The second kappa shape index (κ2) is 11.7. The lowest BCUT2D eigenvalue weighted by Crippen LogP contribution is -2.37. The van der Waals surface area contributed by atoms with Crippen LogP contribution in [0.1, 0.15) is 53.4 Å². The van der Waals surface area contributed by atoms with Crippen molar-refractivity contribution in [3.63, 3.8) is 0 Å². The maximum Gasteiger partial charge on any atom is 0.242 e. The molecule has 3 N–H and O–H groups in total. The smallest absolute Gasteiger partial charge is 0.242 e. The van der Waals surface area contributed by atoms with Gasteiger partial charge in [-0.05, 0) is 40.5 Å². The lowest BCUT2D eigenvalue weighted by molar-refractivity contribution is -0.138. The SMILES string of the molecule is COC(C)(C)CCOC(C)(C)CCNC(=O)CCN1C(=O)CC(SCC(N)=O)C1=O. The van der Waals surface area contributed by atoms with Crippen molar-refractivity contribution in [1.82, 2.24) is 10.2 Å². The minimum Gasteiger partial charge on any atom is -0.379 e. The number of hydrogen-bond donors (Lipinski definition) is 2. The molecule has 1 unspecified atom stereocenters. The van der Waals surface area contributed by atoms with Gasteiger partial charge in [-0.1, -0.05) is 0 Å². The molecule has 0 aliphatic carbocycles. The van der Waals surface area contributed by atoms with Gasteiger partial charge in [0.05, 0.1) is 28.8 Å². The molecular formula is C20H35N3O6S. The number of methoxy groups -OCH3 is 1. The summed E-state index contributed by atoms with van der Waals surface area (Å²) in [6.45, 7) is 8.93. The topological polar surface area (TPSA) is 128 Å². The lowest BCUT2D eigenvalue weighted by Gasteiger charge is -2.29. The van der Waals surface area contributed by atoms with E-state index in [1.165, 1.54) is 0 Å². The van der Waals surface area contributed by atoms with E-state index in [2.05, 4.69) is 5.32 Å². The Morgan fingerprint density at radius 2 is 1.87 bits per heavy atom. The Hall–Kier alpha value is -1.65. The number of hydrogen-bond acceptors (Lipinski definition) is 7. The summed E-state index contributed by atoms with van der Waals surface area (Å²) in [5.41, 5.74) is 4.43. The number of primary amides is 1. The molecule has 1 aliphatic rings. The van der Waals surface area contributed by atoms with Gasteiger partial charge in [-0.3, -0.25) is 24.1 Å². The molecular weight excluding hydrogens is 410 g/mol. The number of ether oxygens (including phenoxy) is 2. The zero-order valence-electron chi connectivity index (χ0n) is 18.6. The summed E-state index contributed by atoms with van der Waals surface area (Å²) in [5.74, 6) is -1.48. The molecule has 172 valence electrons. The van der Waals surface area contributed by atoms with Crippen LogP contribution in [0.15, 0.2) is 0 Å². The minimum atomic E-state index is -0.603. The highest BCUT2D eigenvalue weighted by Gasteiger charge is 2.38. The van der Waals surface area contributed by atoms with Crippen LogP contribution < -0.4 is 11.1 Å². The summed E-state index contributed by atoms with van der Waals surface area (Å²) >= 11 is 1.06. The van der Waals surface area contributed by atoms with Gasteiger partial charge < -0.3 is 20.5 Å². The molecule has 30 heavy (non-hydrogen) atoms. The highest BCUT2D eigenvalue weighted by Crippen LogP contribution is 2.25. The number of amides is 4. The predicted molar refractivity (Wildman–Crippen MR) is 115 cm³/mol. The maximum absolute atomic E-state index is 12.3. The number of thioether (sulfide) groups is 1. The summed E-state index contributed by atoms with van der Waals surface area (Å²) in [4.78, 5) is 48.3. The normalized spacial score (nSPS) is 17.5. The number of nitrogens with two attached hydrogens (primary N) is 1. The zero-order valence-corrected chi connectivity index (χ0v) is 19.4. The Labute approximate surface area is 182 Å². The second-order valence-corrected chi connectivity index (χ2v) is 9.72. The van der Waals surface area contributed by atoms with Gasteiger partial charge in [0.1, 0.15) is 0 Å². The third-order valence-corrected chi connectivity index (χ3v) is 6.21. The van der Waals surface area contributed by atoms with Crippen molar-refractivity contribution in [1.29, 1.82) is 0 Å². The molecule has 1 rings (SSSR count). The van der Waals surface area contributed by atoms with Gasteiger partial charge in [0.2, 0.25) is 23.6 Å². The van der Waals surface area contributed by atoms with Crippen molar-refractivity contribution >= 4 is 35.4 Å². The number of nitrogens with zero attached hydrogens (tertiary/aromatic N) is 1. The van der Waals surface area contributed by atoms with Gasteiger partial charge in [-0.2, -0.15) is 0 Å². The van der Waals surface area contributed by atoms with E-state index in [4.69, 9.17) is 15.2 Å². The van der Waals surface area contributed by atoms with Crippen molar-refractivity contribution in [2.24, 2.45) is 5.73 Å². The Kier molecular flexibility index (Phi) is 10.3. The molecule has 1 fully saturated rings. The Morgan fingerprint density at radius 1 is 1.20 bits per heavy atom. The standard InChI is InChI=1S/C20H35N3O6S/c1-19(2,28-5)8-11-29-20(3,4)7-9-22-16(25)6-10-23-17(26)12-14(18(23)27)30-13-15(21)24/h14H,6-13H2,1-5H3,(H2,21,24)(H,22,25). The van der Waals surface area contributed by atoms with Crippen molar-refractivity contribution in [2.45, 2.75) is 69.8 Å². The molecule has 1 aliphatic heterocycles. The first-order chi connectivity index (χ1) is 13.9. The molecule has 9 nitrogen and oxygen atoms in total. The van der Waals surface area contributed by atoms with Crippen LogP contribution in [0.25, 0.3) is 0 Å². The second-order valence-electron chi connectivity index (χ2n) is 8.53. The van der Waals surface area contributed by atoms with Crippen LogP contribution in [0.5, 0.6) is 0 Å². The minimum absolute atomic E-state index is 0.0150. The first kappa shape index (κ1) is 26.4. The van der Waals surface area contributed by atoms with Crippen molar-refractivity contribution < 1.29 is 28.7 Å². The summed E-state index contributed by atoms with van der Waals surface area (Å²) in [7, 11) is 1.67. The van der Waals surface area contributed by atoms with E-state index < -0.39 is 16.8 Å². The van der Waals surface area contributed by atoms with Gasteiger partial charge >= 0.3 is 0 Å². The fourth-order valence-corrected chi connectivity index (χ4v) is 3.65. The summed E-state index contributed by atoms with van der Waals surface area (Å²) in [6.07, 6.45) is 1.45. The van der Waals surface area contributed by atoms with Crippen LogP contribution in [-0.4, -0.2) is 77.5 Å². The largest absolute Gasteiger partial charge is 0.379 e. The highest BCUT2D eigenvalue weighted by molar-refractivity contribution is 8.01. The third-order valence-electron chi connectivity index (χ3n) is 4.99. The van der Waals surface area contributed by atoms with Gasteiger partial charge in [0, 0.05) is 33.0 Å². The molecule has 0 aromatic rings. The Balaban J connectivity index is 2.30. The van der Waals surface area contributed by atoms with Crippen LogP contribution in [0.4, 0.5) is 0 Å². The number of carbonyl (C=O) groups is 4. The molecule has 1 atom stereocenters. The van der Waals surface area contributed by atoms with E-state index in [0.29, 0.717) is 19.6 Å². The van der Waals surface area contributed by atoms with Crippen LogP contribution in [-0.2, 0) is 28.7 Å². The number of imide groups is 1. The Morgan fingerprint density at radius 3 is 2.47 bits per heavy atom. The monoisotopic (exact) mass is 445 g/mol. The van der Waals surface area contributed by atoms with E-state index >= 15 is 0 Å². The molecule has 0 spiro atoms. The zero-order chi connectivity index (χ0) is 22.9. The maximum atomic E-state index is 12.3. The summed E-state index contributed by atoms with van der Waals surface area (Å²) in [6, 6.07) is 0. The molecule has 1 heterocycles. The molecule has 1 saturated heterocycles. The predicted octanol–water partition coefficient (Wildman–Crippen LogP) is 0.839. The molecule has 0 radical (unpaired) electrons. The number of nitrogens with one attached hydrogen (secondary N) is 1. The van der Waals surface area contributed by atoms with E-state index in [-0.39, 0.29) is 48.5 Å². The van der Waals surface area contributed by atoms with Crippen LogP contribution in [0.2, 0.25) is 0 Å². The number of likely N-dealkylation sites (tertiary alicyclic amines) is 1. The quantitative estimate of drug-likeness (QED) is 0.379. The first-order valence-corrected chi connectivity index (χ1v) is 11.1. The average molecular weight is 446 g/mol. The van der Waals surface area contributed by atoms with Crippen LogP contribution in [0, 0.1) is 0 Å². The van der Waals surface area contributed by atoms with Crippen molar-refractivity contribution in [2.75, 3.05) is 32.6 Å². The van der Waals surface area contributed by atoms with Gasteiger partial charge in [-0.15, -0.1) is 11.8 Å². The van der Waals surface area contributed by atoms with Crippen LogP contribution in [0.3, 0.4) is 0 Å². The summed E-state index contributed by atoms with van der Waals surface area (Å²) in [5, 5.41) is 2.20. The summed E-state index contributed by atoms with van der Waals surface area (Å²) < 4.78 is 11.3. The fourth-order valence-electron chi connectivity index (χ4n) is 2.75. The molecule has 0 bridgehead atoms. The van der Waals surface area contributed by atoms with E-state index in [1.807, 2.05) is 27.7 Å². The molecule has 0 aromatic carbocycles. The van der Waals surface area contributed by atoms with Crippen molar-refractivity contribution in [3.8, 4) is 0 Å². The molecule has 0 aromatic heterocycles. The van der Waals surface area contributed by atoms with E-state index in [1.54, 1.807) is 7.11 Å². The first-order valence-electron chi connectivity index (χ1n) is 10.1. The van der Waals surface area contributed by atoms with Gasteiger partial charge in [-0.25, -0.2) is 0 Å². The molecule has 0 saturated carbocycles. The van der Waals surface area contributed by atoms with E-state index in [9.17, 15) is 19.2 Å². The molecule has 4 amide bonds. The third kappa shape index (κ3) is 9.44. The number of carbonyl (C=O) groups excluding carboxylic acids is 4. The molecule has 10 heteroatoms. The van der Waals surface area contributed by atoms with Gasteiger partial charge in [0.15, 0.2) is 0 Å². The number of rotatable bonds is 14. The lowest BCUT2D eigenvalue weighted by atomic mass is 10.0. The fraction of sp³-hybridized carbons (Fsp3) is 0.800. The average Bonchev–Trinajstić information content (AvgIpc) is 2.91. The van der Waals surface area contributed by atoms with E-state index in [0.717, 1.165) is 23.1 Å². The van der Waals surface area contributed by atoms with Crippen LogP contribution >= 0.6 is 11.8 Å². The van der Waals surface area contributed by atoms with Crippen molar-refractivity contribution in [3.05, 3.63) is 0 Å².